The molecule has 0 fully saturated rings. The molecule has 4 aromatic carbocycles. The van der Waals surface area contributed by atoms with Crippen molar-refractivity contribution in [3.05, 3.63) is 138 Å². The van der Waals surface area contributed by atoms with Gasteiger partial charge >= 0.3 is 0 Å². The molecular formula is C35H31NO2. The molecule has 0 aromatic heterocycles. The lowest BCUT2D eigenvalue weighted by atomic mass is 9.99. The molecule has 0 bridgehead atoms. The van der Waals surface area contributed by atoms with E-state index >= 15 is 0 Å². The number of anilines is 1. The lowest BCUT2D eigenvalue weighted by Gasteiger charge is -2.26. The zero-order valence-electron chi connectivity index (χ0n) is 21.6. The fourth-order valence-corrected chi connectivity index (χ4v) is 5.09. The maximum atomic E-state index is 5.93. The van der Waals surface area contributed by atoms with Crippen molar-refractivity contribution < 1.29 is 9.47 Å². The van der Waals surface area contributed by atoms with Crippen LogP contribution in [-0.2, 0) is 0 Å². The average molecular weight is 498 g/mol. The van der Waals surface area contributed by atoms with Crippen molar-refractivity contribution in [1.29, 1.82) is 0 Å². The van der Waals surface area contributed by atoms with E-state index in [1.165, 1.54) is 27.8 Å². The summed E-state index contributed by atoms with van der Waals surface area (Å²) in [5, 5.41) is 0. The molecule has 3 heteroatoms. The lowest BCUT2D eigenvalue weighted by Crippen LogP contribution is -2.15. The molecule has 0 spiro atoms. The second kappa shape index (κ2) is 10.9. The van der Waals surface area contributed by atoms with Crippen molar-refractivity contribution in [2.45, 2.75) is 19.8 Å². The lowest BCUT2D eigenvalue weighted by molar-refractivity contribution is 0.316. The minimum Gasteiger partial charge on any atom is -0.493 e. The number of rotatable bonds is 5. The van der Waals surface area contributed by atoms with Crippen molar-refractivity contribution >= 4 is 28.5 Å². The monoisotopic (exact) mass is 497 g/mol. The zero-order valence-corrected chi connectivity index (χ0v) is 21.6. The summed E-state index contributed by atoms with van der Waals surface area (Å²) >= 11 is 0. The van der Waals surface area contributed by atoms with Crippen molar-refractivity contribution in [2.24, 2.45) is 0 Å². The topological polar surface area (TPSA) is 21.7 Å². The van der Waals surface area contributed by atoms with Crippen LogP contribution in [0, 0.1) is 0 Å². The molecule has 0 amide bonds. The molecule has 2 aliphatic rings. The molecule has 3 nitrogen and oxygen atoms in total. The van der Waals surface area contributed by atoms with Gasteiger partial charge in [0.25, 0.3) is 0 Å². The van der Waals surface area contributed by atoms with Gasteiger partial charge in [0, 0.05) is 42.1 Å². The third-order valence-electron chi connectivity index (χ3n) is 7.12. The Hall–Kier alpha value is -4.50. The number of hydrogen-bond acceptors (Lipinski definition) is 3. The number of hydrogen-bond donors (Lipinski definition) is 0. The Morgan fingerprint density at radius 2 is 1.16 bits per heavy atom. The van der Waals surface area contributed by atoms with Crippen LogP contribution >= 0.6 is 0 Å². The molecular weight excluding hydrogens is 466 g/mol. The number of ether oxygens (including phenoxy) is 2. The van der Waals surface area contributed by atoms with E-state index in [9.17, 15) is 0 Å². The molecule has 0 aliphatic carbocycles. The van der Waals surface area contributed by atoms with E-state index in [1.54, 1.807) is 0 Å². The van der Waals surface area contributed by atoms with E-state index in [4.69, 9.17) is 9.47 Å². The summed E-state index contributed by atoms with van der Waals surface area (Å²) in [4.78, 5) is 2.27. The third kappa shape index (κ3) is 5.14. The third-order valence-corrected chi connectivity index (χ3v) is 7.12. The first kappa shape index (κ1) is 23.9. The summed E-state index contributed by atoms with van der Waals surface area (Å²) < 4.78 is 11.9. The van der Waals surface area contributed by atoms with Gasteiger partial charge in [-0.05, 0) is 59.0 Å². The molecule has 6 rings (SSSR count). The summed E-state index contributed by atoms with van der Waals surface area (Å²) in [5.41, 5.74) is 9.65. The van der Waals surface area contributed by atoms with Crippen LogP contribution in [0.1, 0.15) is 42.0 Å². The number of nitrogens with zero attached hydrogens (tertiary/aromatic N) is 1. The maximum Gasteiger partial charge on any atom is 0.126 e. The summed E-state index contributed by atoms with van der Waals surface area (Å²) in [6.45, 7) is 3.54. The molecule has 2 aliphatic heterocycles. The Balaban J connectivity index is 1.39. The van der Waals surface area contributed by atoms with Crippen molar-refractivity contribution in [2.75, 3.05) is 18.1 Å². The van der Waals surface area contributed by atoms with E-state index in [0.29, 0.717) is 13.2 Å². The average Bonchev–Trinajstić information content (AvgIpc) is 2.98. The Kier molecular flexibility index (Phi) is 6.82. The van der Waals surface area contributed by atoms with Crippen LogP contribution in [0.2, 0.25) is 0 Å². The number of benzene rings is 4. The molecule has 0 saturated carbocycles. The quantitative estimate of drug-likeness (QED) is 0.257. The highest BCUT2D eigenvalue weighted by molar-refractivity contribution is 5.82. The van der Waals surface area contributed by atoms with Crippen molar-refractivity contribution in [3.63, 3.8) is 0 Å². The van der Waals surface area contributed by atoms with E-state index in [-0.39, 0.29) is 0 Å². The van der Waals surface area contributed by atoms with Crippen LogP contribution in [0.25, 0.3) is 22.8 Å². The first-order chi connectivity index (χ1) is 18.7. The van der Waals surface area contributed by atoms with Gasteiger partial charge in [-0.3, -0.25) is 0 Å². The first-order valence-corrected chi connectivity index (χ1v) is 13.2. The highest BCUT2D eigenvalue weighted by atomic mass is 16.5. The molecule has 0 radical (unpaired) electrons. The molecule has 0 N–H and O–H groups in total. The van der Waals surface area contributed by atoms with E-state index in [1.807, 2.05) is 12.1 Å². The van der Waals surface area contributed by atoms with Gasteiger partial charge in [-0.1, -0.05) is 84.9 Å². The largest absolute Gasteiger partial charge is 0.493 e. The van der Waals surface area contributed by atoms with Gasteiger partial charge in [-0.25, -0.2) is 0 Å². The van der Waals surface area contributed by atoms with E-state index < -0.39 is 0 Å². The Labute approximate surface area is 225 Å². The van der Waals surface area contributed by atoms with Crippen LogP contribution in [0.15, 0.2) is 116 Å². The summed E-state index contributed by atoms with van der Waals surface area (Å²) in [5.74, 6) is 1.90. The zero-order chi connectivity index (χ0) is 25.7. The molecule has 0 unspecified atom stereocenters. The Morgan fingerprint density at radius 1 is 0.632 bits per heavy atom. The van der Waals surface area contributed by atoms with Gasteiger partial charge in [0.1, 0.15) is 11.5 Å². The Morgan fingerprint density at radius 3 is 1.74 bits per heavy atom. The van der Waals surface area contributed by atoms with Crippen LogP contribution in [0.3, 0.4) is 0 Å². The molecule has 2 heterocycles. The molecule has 4 aromatic rings. The van der Waals surface area contributed by atoms with Crippen LogP contribution in [0.4, 0.5) is 5.69 Å². The van der Waals surface area contributed by atoms with Gasteiger partial charge in [0.15, 0.2) is 0 Å². The van der Waals surface area contributed by atoms with Crippen LogP contribution in [-0.4, -0.2) is 13.2 Å². The fourth-order valence-electron chi connectivity index (χ4n) is 5.09. The minimum absolute atomic E-state index is 0.687. The minimum atomic E-state index is 0.687. The van der Waals surface area contributed by atoms with Crippen LogP contribution in [0.5, 0.6) is 11.5 Å². The van der Waals surface area contributed by atoms with Gasteiger partial charge in [-0.15, -0.1) is 0 Å². The van der Waals surface area contributed by atoms with Crippen molar-refractivity contribution in [3.8, 4) is 11.5 Å². The first-order valence-electron chi connectivity index (χ1n) is 13.2. The smallest absolute Gasteiger partial charge is 0.126 e. The second-order valence-corrected chi connectivity index (χ2v) is 9.69. The maximum absolute atomic E-state index is 5.93. The second-order valence-electron chi connectivity index (χ2n) is 9.69. The Bertz CT molecular complexity index is 1450. The van der Waals surface area contributed by atoms with E-state index in [0.717, 1.165) is 41.2 Å². The summed E-state index contributed by atoms with van der Waals surface area (Å²) in [6, 6.07) is 35.9. The normalized spacial score (nSPS) is 16.8. The van der Waals surface area contributed by atoms with Gasteiger partial charge in [-0.2, -0.15) is 0 Å². The molecule has 188 valence electrons. The van der Waals surface area contributed by atoms with Gasteiger partial charge in [0.2, 0.25) is 0 Å². The summed E-state index contributed by atoms with van der Waals surface area (Å²) in [6.07, 6.45) is 8.52. The number of fused-ring (bicyclic) bond motifs is 2. The number of allylic oxidation sites excluding steroid dienone is 1. The van der Waals surface area contributed by atoms with Crippen molar-refractivity contribution in [1.82, 2.24) is 0 Å². The number of para-hydroxylation sites is 2. The van der Waals surface area contributed by atoms with Gasteiger partial charge in [0.05, 0.1) is 13.2 Å². The van der Waals surface area contributed by atoms with Crippen LogP contribution < -0.4 is 14.4 Å². The predicted molar refractivity (Wildman–Crippen MR) is 158 cm³/mol. The fraction of sp³-hybridized carbons (Fsp3) is 0.143. The van der Waals surface area contributed by atoms with Gasteiger partial charge < -0.3 is 14.4 Å². The predicted octanol–water partition coefficient (Wildman–Crippen LogP) is 8.70. The standard InChI is InChI=1S/C35H31NO2/c1-26(28-9-3-2-4-10-28)23-27-15-17-31(18-16-27)36(24-29-19-21-37-34-13-7-5-11-32(29)34)25-30-20-22-38-35-14-8-6-12-33(30)35/h2-18,23-25H,19-22H2,1H3/b26-23+,29-24+,30-25+. The highest BCUT2D eigenvalue weighted by Crippen LogP contribution is 2.36. The molecule has 38 heavy (non-hydrogen) atoms. The SMILES string of the molecule is C/C(=C\c1ccc(N(/C=C2\CCOc3ccccc32)/C=C2\CCOc3ccccc32)cc1)c1ccccc1. The molecule has 0 saturated heterocycles. The van der Waals surface area contributed by atoms with E-state index in [2.05, 4.69) is 121 Å². The summed E-state index contributed by atoms with van der Waals surface area (Å²) in [7, 11) is 0. The molecule has 0 atom stereocenters. The highest BCUT2D eigenvalue weighted by Gasteiger charge is 2.18.